The molecule has 0 fully saturated rings. The van der Waals surface area contributed by atoms with Gasteiger partial charge in [0.1, 0.15) is 5.82 Å². The van der Waals surface area contributed by atoms with E-state index in [4.69, 9.17) is 11.6 Å². The molecule has 1 aliphatic rings. The Kier molecular flexibility index (Phi) is 4.64. The molecular formula is C22H13BrClFN4O. The van der Waals surface area contributed by atoms with Gasteiger partial charge in [-0.1, -0.05) is 51.8 Å². The number of hydrogen-bond acceptors (Lipinski definition) is 4. The molecule has 5 rings (SSSR count). The van der Waals surface area contributed by atoms with E-state index in [9.17, 15) is 9.18 Å². The molecule has 2 heterocycles. The highest BCUT2D eigenvalue weighted by Gasteiger charge is 2.34. The van der Waals surface area contributed by atoms with Crippen LogP contribution >= 0.6 is 27.5 Å². The molecule has 0 aliphatic carbocycles. The highest BCUT2D eigenvalue weighted by Crippen LogP contribution is 2.42. The van der Waals surface area contributed by atoms with Crippen molar-refractivity contribution in [1.29, 1.82) is 0 Å². The summed E-state index contributed by atoms with van der Waals surface area (Å²) < 4.78 is 14.7. The molecule has 0 radical (unpaired) electrons. The third-order valence-corrected chi connectivity index (χ3v) is 5.85. The van der Waals surface area contributed by atoms with Gasteiger partial charge in [-0.25, -0.2) is 4.39 Å². The summed E-state index contributed by atoms with van der Waals surface area (Å²) in [4.78, 5) is 12.7. The van der Waals surface area contributed by atoms with Crippen LogP contribution in [-0.4, -0.2) is 16.1 Å². The number of hydrogen-bond donors (Lipinski definition) is 2. The van der Waals surface area contributed by atoms with Crippen LogP contribution in [0.15, 0.2) is 65.3 Å². The Morgan fingerprint density at radius 1 is 1.13 bits per heavy atom. The van der Waals surface area contributed by atoms with E-state index in [1.165, 1.54) is 18.2 Å². The Bertz CT molecular complexity index is 1320. The first-order valence-electron chi connectivity index (χ1n) is 9.08. The fourth-order valence-electron chi connectivity index (χ4n) is 3.72. The smallest absolute Gasteiger partial charge is 0.252 e. The van der Waals surface area contributed by atoms with E-state index < -0.39 is 11.9 Å². The molecular weight excluding hydrogens is 471 g/mol. The maximum atomic E-state index is 13.9. The number of halogens is 3. The molecule has 3 aromatic carbocycles. The first kappa shape index (κ1) is 19.0. The molecule has 5 nitrogen and oxygen atoms in total. The molecule has 0 bridgehead atoms. The summed E-state index contributed by atoms with van der Waals surface area (Å²) in [6.07, 6.45) is 1.69. The normalized spacial score (nSPS) is 15.2. The maximum Gasteiger partial charge on any atom is 0.252 e. The Morgan fingerprint density at radius 2 is 1.97 bits per heavy atom. The predicted molar refractivity (Wildman–Crippen MR) is 118 cm³/mol. The van der Waals surface area contributed by atoms with Gasteiger partial charge in [-0.05, 0) is 30.3 Å². The minimum Gasteiger partial charge on any atom is -0.341 e. The summed E-state index contributed by atoms with van der Waals surface area (Å²) in [5, 5.41) is 16.7. The lowest BCUT2D eigenvalue weighted by atomic mass is 9.96. The Balaban J connectivity index is 1.68. The summed E-state index contributed by atoms with van der Waals surface area (Å²) in [7, 11) is 0. The van der Waals surface area contributed by atoms with Crippen LogP contribution in [0.5, 0.6) is 0 Å². The topological polar surface area (TPSA) is 66.9 Å². The summed E-state index contributed by atoms with van der Waals surface area (Å²) in [6, 6.07) is 14.8. The van der Waals surface area contributed by atoms with Crippen molar-refractivity contribution < 1.29 is 9.18 Å². The fraction of sp³-hybridized carbons (Fsp3) is 0.0455. The SMILES string of the molecule is O=C1NC(c2cc(F)ccc2Cl)c2c(Nc3nncc4ccccc34)cc(Br)cc21. The first-order chi connectivity index (χ1) is 14.5. The number of anilines is 2. The highest BCUT2D eigenvalue weighted by molar-refractivity contribution is 9.10. The summed E-state index contributed by atoms with van der Waals surface area (Å²) in [6.45, 7) is 0. The lowest BCUT2D eigenvalue weighted by molar-refractivity contribution is 0.0960. The van der Waals surface area contributed by atoms with Gasteiger partial charge in [-0.2, -0.15) is 5.10 Å². The Hall–Kier alpha value is -3.03. The van der Waals surface area contributed by atoms with Crippen molar-refractivity contribution in [3.63, 3.8) is 0 Å². The molecule has 8 heteroatoms. The standard InChI is InChI=1S/C22H13BrClFN4O/c23-12-7-16-19(20(28-22(16)30)15-9-13(25)5-6-17(15)24)18(8-12)27-21-14-4-2-1-3-11(14)10-26-29-21/h1-10,20H,(H,27,29)(H,28,30). The van der Waals surface area contributed by atoms with Gasteiger partial charge in [-0.15, -0.1) is 5.10 Å². The Labute approximate surface area is 184 Å². The average molecular weight is 484 g/mol. The zero-order chi connectivity index (χ0) is 20.8. The number of benzene rings is 3. The van der Waals surface area contributed by atoms with Crippen LogP contribution in [0.25, 0.3) is 10.8 Å². The first-order valence-corrected chi connectivity index (χ1v) is 10.2. The van der Waals surface area contributed by atoms with Crippen molar-refractivity contribution in [2.45, 2.75) is 6.04 Å². The van der Waals surface area contributed by atoms with Crippen molar-refractivity contribution in [2.75, 3.05) is 5.32 Å². The van der Waals surface area contributed by atoms with Crippen molar-refractivity contribution in [3.05, 3.63) is 92.8 Å². The zero-order valence-corrected chi connectivity index (χ0v) is 17.6. The van der Waals surface area contributed by atoms with Crippen molar-refractivity contribution in [1.82, 2.24) is 15.5 Å². The minimum atomic E-state index is -0.603. The number of aromatic nitrogens is 2. The number of carbonyl (C=O) groups is 1. The molecule has 4 aromatic rings. The molecule has 0 saturated carbocycles. The van der Waals surface area contributed by atoms with E-state index in [-0.39, 0.29) is 5.91 Å². The molecule has 1 atom stereocenters. The van der Waals surface area contributed by atoms with Gasteiger partial charge in [0.05, 0.1) is 12.2 Å². The number of amides is 1. The Morgan fingerprint density at radius 3 is 2.83 bits per heavy atom. The number of carbonyl (C=O) groups excluding carboxylic acids is 1. The highest BCUT2D eigenvalue weighted by atomic mass is 79.9. The molecule has 0 saturated heterocycles. The quantitative estimate of drug-likeness (QED) is 0.389. The van der Waals surface area contributed by atoms with E-state index in [1.807, 2.05) is 30.3 Å². The number of nitrogens with zero attached hydrogens (tertiary/aromatic N) is 2. The van der Waals surface area contributed by atoms with Crippen molar-refractivity contribution >= 4 is 55.7 Å². The summed E-state index contributed by atoms with van der Waals surface area (Å²) >= 11 is 9.81. The van der Waals surface area contributed by atoms with Crippen LogP contribution in [-0.2, 0) is 0 Å². The van der Waals surface area contributed by atoms with E-state index >= 15 is 0 Å². The lowest BCUT2D eigenvalue weighted by Crippen LogP contribution is -2.20. The fourth-order valence-corrected chi connectivity index (χ4v) is 4.40. The molecule has 1 unspecified atom stereocenters. The third kappa shape index (κ3) is 3.20. The van der Waals surface area contributed by atoms with E-state index in [0.717, 1.165) is 15.2 Å². The van der Waals surface area contributed by atoms with Gasteiger partial charge >= 0.3 is 0 Å². The van der Waals surface area contributed by atoms with Gasteiger partial charge in [0.25, 0.3) is 5.91 Å². The average Bonchev–Trinajstić information content (AvgIpc) is 3.06. The van der Waals surface area contributed by atoms with Gasteiger partial charge in [0.2, 0.25) is 0 Å². The van der Waals surface area contributed by atoms with Crippen LogP contribution in [0.3, 0.4) is 0 Å². The lowest BCUT2D eigenvalue weighted by Gasteiger charge is -2.19. The second kappa shape index (κ2) is 7.34. The van der Waals surface area contributed by atoms with Gasteiger partial charge in [0.15, 0.2) is 5.82 Å². The van der Waals surface area contributed by atoms with Crippen molar-refractivity contribution in [3.8, 4) is 0 Å². The van der Waals surface area contributed by atoms with Gasteiger partial charge in [-0.3, -0.25) is 4.79 Å². The molecule has 148 valence electrons. The van der Waals surface area contributed by atoms with Crippen molar-refractivity contribution in [2.24, 2.45) is 0 Å². The molecule has 1 amide bonds. The number of rotatable bonds is 3. The van der Waals surface area contributed by atoms with Gasteiger partial charge in [0, 0.05) is 42.6 Å². The van der Waals surface area contributed by atoms with Crippen LogP contribution < -0.4 is 10.6 Å². The second-order valence-corrected chi connectivity index (χ2v) is 8.22. The minimum absolute atomic E-state index is 0.260. The van der Waals surface area contributed by atoms with Crippen LogP contribution in [0.2, 0.25) is 5.02 Å². The van der Waals surface area contributed by atoms with Crippen LogP contribution in [0.4, 0.5) is 15.9 Å². The van der Waals surface area contributed by atoms with E-state index in [1.54, 1.807) is 12.3 Å². The number of nitrogens with one attached hydrogen (secondary N) is 2. The largest absolute Gasteiger partial charge is 0.341 e. The molecule has 30 heavy (non-hydrogen) atoms. The molecule has 2 N–H and O–H groups in total. The molecule has 0 spiro atoms. The maximum absolute atomic E-state index is 13.9. The monoisotopic (exact) mass is 482 g/mol. The molecule has 1 aromatic heterocycles. The van der Waals surface area contributed by atoms with Gasteiger partial charge < -0.3 is 10.6 Å². The second-order valence-electron chi connectivity index (χ2n) is 6.89. The van der Waals surface area contributed by atoms with E-state index in [2.05, 4.69) is 36.8 Å². The zero-order valence-electron chi connectivity index (χ0n) is 15.3. The number of fused-ring (bicyclic) bond motifs is 2. The van der Waals surface area contributed by atoms with Crippen LogP contribution in [0, 0.1) is 5.82 Å². The summed E-state index contributed by atoms with van der Waals surface area (Å²) in [5.41, 5.74) is 2.28. The van der Waals surface area contributed by atoms with Crippen LogP contribution in [0.1, 0.15) is 27.5 Å². The van der Waals surface area contributed by atoms with E-state index in [0.29, 0.717) is 33.2 Å². The molecule has 1 aliphatic heterocycles. The predicted octanol–water partition coefficient (Wildman–Crippen LogP) is 5.76. The summed E-state index contributed by atoms with van der Waals surface area (Å²) in [5.74, 6) is -0.135. The third-order valence-electron chi connectivity index (χ3n) is 5.05.